The van der Waals surface area contributed by atoms with Crippen molar-refractivity contribution in [3.63, 3.8) is 0 Å². The predicted octanol–water partition coefficient (Wildman–Crippen LogP) is 19.6. The zero-order valence-corrected chi connectivity index (χ0v) is 49.1. The number of carboxylic acids is 1. The van der Waals surface area contributed by atoms with Gasteiger partial charge in [-0.3, -0.25) is 14.5 Å². The van der Waals surface area contributed by atoms with Crippen molar-refractivity contribution in [3.05, 3.63) is 129 Å². The Bertz CT molecular complexity index is 2950. The van der Waals surface area contributed by atoms with E-state index in [0.717, 1.165) is 102 Å². The first-order valence-electron chi connectivity index (χ1n) is 27.4. The molecule has 0 atom stereocenters. The van der Waals surface area contributed by atoms with Gasteiger partial charge in [0, 0.05) is 31.7 Å². The third kappa shape index (κ3) is 14.8. The second-order valence-corrected chi connectivity index (χ2v) is 25.3. The summed E-state index contributed by atoms with van der Waals surface area (Å²) in [6.45, 7) is 8.64. The van der Waals surface area contributed by atoms with Crippen molar-refractivity contribution < 1.29 is 14.7 Å². The van der Waals surface area contributed by atoms with Crippen LogP contribution in [-0.2, 0) is 35.3 Å². The lowest BCUT2D eigenvalue weighted by atomic mass is 10.0. The van der Waals surface area contributed by atoms with Crippen LogP contribution in [0.1, 0.15) is 158 Å². The molecule has 0 spiro atoms. The fraction of sp³-hybridized carbons (Fsp3) is 0.403. The summed E-state index contributed by atoms with van der Waals surface area (Å²) in [6.07, 6.45) is 24.5. The van der Waals surface area contributed by atoms with Gasteiger partial charge in [0.25, 0.3) is 5.91 Å². The molecule has 0 bridgehead atoms. The summed E-state index contributed by atoms with van der Waals surface area (Å²) < 4.78 is 0.283. The first-order chi connectivity index (χ1) is 36.7. The summed E-state index contributed by atoms with van der Waals surface area (Å²) in [6, 6.07) is 35.1. The maximum Gasteiger partial charge on any atom is 0.323 e. The van der Waals surface area contributed by atoms with Crippen LogP contribution in [0.4, 0.5) is 17.1 Å². The van der Waals surface area contributed by atoms with Gasteiger partial charge >= 0.3 is 5.97 Å². The molecule has 1 aliphatic rings. The van der Waals surface area contributed by atoms with Crippen LogP contribution in [0.25, 0.3) is 46.0 Å². The van der Waals surface area contributed by atoms with Crippen molar-refractivity contribution >= 4 is 109 Å². The van der Waals surface area contributed by atoms with Crippen LogP contribution in [-0.4, -0.2) is 42.7 Å². The van der Waals surface area contributed by atoms with Crippen molar-refractivity contribution in [2.24, 2.45) is 0 Å². The minimum Gasteiger partial charge on any atom is -0.480 e. The fourth-order valence-corrected chi connectivity index (χ4v) is 15.9. The number of unbranched alkanes of at least 4 members (excludes halogenated alkanes) is 12. The summed E-state index contributed by atoms with van der Waals surface area (Å²) in [5.41, 5.74) is 9.64. The molecule has 7 nitrogen and oxygen atoms in total. The van der Waals surface area contributed by atoms with Crippen LogP contribution in [0.15, 0.2) is 102 Å². The van der Waals surface area contributed by atoms with Gasteiger partial charge in [-0.2, -0.15) is 0 Å². The van der Waals surface area contributed by atoms with Gasteiger partial charge in [-0.1, -0.05) is 177 Å². The minimum absolute atomic E-state index is 0.283. The topological polar surface area (TPSA) is 86.6 Å². The van der Waals surface area contributed by atoms with Crippen LogP contribution in [0.5, 0.6) is 0 Å². The van der Waals surface area contributed by atoms with E-state index in [1.165, 1.54) is 128 Å². The highest BCUT2D eigenvalue weighted by atomic mass is 32.2. The number of amides is 1. The number of thiophene rings is 2. The number of carbonyl (C=O) groups is 2. The standard InChI is InChI=1S/C62H72N4O3S6/c1-5-9-13-19-27-44-39-49(41-53-61(69)65(42-54(67)68)62(70)73-53)71-55(44)57-50(33-25-15-11-7-3)63-59(74-57)60-64-51(34-26-16-12-8-4)58(75-60)56-45(28-20-14-10-6-2)40-52(72-56)43-35-37-48(38-36-43)66(46-29-21-17-22-30-46)47-31-23-18-24-32-47/h17-18,21-24,29-32,35-41H,5-16,19-20,25-28,33-34,42H2,1-4H3,(H,67,68)/b53-41-. The number of carboxylic acid groups (broad SMARTS) is 1. The van der Waals surface area contributed by atoms with Gasteiger partial charge in [-0.25, -0.2) is 9.97 Å². The Hall–Kier alpha value is -4.76. The summed E-state index contributed by atoms with van der Waals surface area (Å²) >= 11 is 13.9. The number of para-hydroxylation sites is 2. The molecule has 7 aromatic rings. The van der Waals surface area contributed by atoms with E-state index in [4.69, 9.17) is 22.2 Å². The molecule has 3 aromatic carbocycles. The number of aromatic nitrogens is 2. The molecule has 0 unspecified atom stereocenters. The SMILES string of the molecule is CCCCCCc1cc(/C=C2\SC(=S)N(CC(=O)O)C2=O)sc1-c1sc(-c2nc(CCCCCC)c(-c3sc(-c4ccc(N(c5ccccc5)c5ccccc5)cc4)cc3CCCCCC)s2)nc1CCCCCC. The quantitative estimate of drug-likeness (QED) is 0.0271. The molecule has 13 heteroatoms. The second-order valence-electron chi connectivity index (χ2n) is 19.5. The van der Waals surface area contributed by atoms with Crippen molar-refractivity contribution in [2.45, 2.75) is 156 Å². The highest BCUT2D eigenvalue weighted by Crippen LogP contribution is 2.49. The number of aliphatic carboxylic acids is 1. The van der Waals surface area contributed by atoms with Crippen LogP contribution < -0.4 is 4.90 Å². The number of benzene rings is 3. The van der Waals surface area contributed by atoms with Gasteiger partial charge < -0.3 is 10.0 Å². The summed E-state index contributed by atoms with van der Waals surface area (Å²) in [4.78, 5) is 47.6. The van der Waals surface area contributed by atoms with E-state index >= 15 is 0 Å². The van der Waals surface area contributed by atoms with Crippen LogP contribution in [0, 0.1) is 0 Å². The Labute approximate surface area is 471 Å². The van der Waals surface area contributed by atoms with E-state index in [2.05, 4.69) is 130 Å². The Morgan fingerprint density at radius 1 is 0.573 bits per heavy atom. The normalized spacial score (nSPS) is 13.2. The number of thioether (sulfide) groups is 1. The number of anilines is 3. The maximum atomic E-state index is 13.5. The molecule has 0 aliphatic carbocycles. The van der Waals surface area contributed by atoms with E-state index in [1.807, 2.05) is 28.7 Å². The number of carbonyl (C=O) groups excluding carboxylic acids is 1. The molecular formula is C62H72N4O3S6. The fourth-order valence-electron chi connectivity index (χ4n) is 9.63. The molecule has 1 N–H and O–H groups in total. The highest BCUT2D eigenvalue weighted by Gasteiger charge is 2.34. The first kappa shape index (κ1) is 56.4. The van der Waals surface area contributed by atoms with Gasteiger partial charge in [-0.15, -0.1) is 45.3 Å². The number of nitrogens with zero attached hydrogens (tertiary/aromatic N) is 4. The molecule has 394 valence electrons. The zero-order chi connectivity index (χ0) is 52.5. The lowest BCUT2D eigenvalue weighted by Gasteiger charge is -2.25. The molecule has 8 rings (SSSR count). The Morgan fingerprint density at radius 3 is 1.53 bits per heavy atom. The Balaban J connectivity index is 1.19. The molecule has 4 aromatic heterocycles. The zero-order valence-electron chi connectivity index (χ0n) is 44.2. The Morgan fingerprint density at radius 2 is 1.04 bits per heavy atom. The summed E-state index contributed by atoms with van der Waals surface area (Å²) in [5, 5.41) is 11.5. The molecular weight excluding hydrogens is 1040 g/mol. The van der Waals surface area contributed by atoms with Gasteiger partial charge in [0.2, 0.25) is 0 Å². The van der Waals surface area contributed by atoms with E-state index in [1.54, 1.807) is 22.7 Å². The first-order valence-corrected chi connectivity index (χ1v) is 31.9. The number of aryl methyl sites for hydroxylation is 4. The van der Waals surface area contributed by atoms with Crippen LogP contribution in [0.3, 0.4) is 0 Å². The maximum absolute atomic E-state index is 13.5. The summed E-state index contributed by atoms with van der Waals surface area (Å²) in [5.74, 6) is -1.42. The van der Waals surface area contributed by atoms with Gasteiger partial charge in [0.1, 0.15) is 10.9 Å². The molecule has 1 saturated heterocycles. The van der Waals surface area contributed by atoms with Gasteiger partial charge in [0.05, 0.1) is 30.9 Å². The largest absolute Gasteiger partial charge is 0.480 e. The molecule has 1 aliphatic heterocycles. The van der Waals surface area contributed by atoms with Crippen molar-refractivity contribution in [2.75, 3.05) is 11.4 Å². The smallest absolute Gasteiger partial charge is 0.323 e. The van der Waals surface area contributed by atoms with Crippen molar-refractivity contribution in [3.8, 4) is 40.0 Å². The number of thiocarbonyl (C=S) groups is 1. The number of hydrogen-bond donors (Lipinski definition) is 1. The molecule has 0 saturated carbocycles. The lowest BCUT2D eigenvalue weighted by molar-refractivity contribution is -0.140. The number of thiazole rings is 2. The highest BCUT2D eigenvalue weighted by molar-refractivity contribution is 8.26. The van der Waals surface area contributed by atoms with E-state index in [0.29, 0.717) is 4.91 Å². The molecule has 1 amide bonds. The second kappa shape index (κ2) is 28.6. The monoisotopic (exact) mass is 1110 g/mol. The van der Waals surface area contributed by atoms with Crippen molar-refractivity contribution in [1.82, 2.24) is 14.9 Å². The van der Waals surface area contributed by atoms with E-state index < -0.39 is 12.5 Å². The van der Waals surface area contributed by atoms with Gasteiger partial charge in [-0.05, 0) is 123 Å². The van der Waals surface area contributed by atoms with Crippen LogP contribution in [0.2, 0.25) is 0 Å². The van der Waals surface area contributed by atoms with Gasteiger partial charge in [0.15, 0.2) is 10.0 Å². The predicted molar refractivity (Wildman–Crippen MR) is 329 cm³/mol. The molecule has 0 radical (unpaired) electrons. The molecule has 5 heterocycles. The third-order valence-electron chi connectivity index (χ3n) is 13.6. The lowest BCUT2D eigenvalue weighted by Crippen LogP contribution is -2.33. The minimum atomic E-state index is -1.08. The van der Waals surface area contributed by atoms with Crippen molar-refractivity contribution in [1.29, 1.82) is 0 Å². The average Bonchev–Trinajstić information content (AvgIpc) is 4.27. The van der Waals surface area contributed by atoms with E-state index in [-0.39, 0.29) is 10.2 Å². The van der Waals surface area contributed by atoms with Crippen LogP contribution >= 0.6 is 69.3 Å². The molecule has 75 heavy (non-hydrogen) atoms. The Kier molecular flexibility index (Phi) is 21.5. The summed E-state index contributed by atoms with van der Waals surface area (Å²) in [7, 11) is 0. The van der Waals surface area contributed by atoms with E-state index in [9.17, 15) is 14.7 Å². The average molecular weight is 1110 g/mol. The third-order valence-corrected chi connectivity index (χ3v) is 20.0. The molecule has 1 fully saturated rings. The number of hydrogen-bond acceptors (Lipinski definition) is 11. The number of rotatable bonds is 30.